The Morgan fingerprint density at radius 2 is 2.12 bits per heavy atom. The van der Waals surface area contributed by atoms with Crippen molar-refractivity contribution in [3.05, 3.63) is 58.5 Å². The highest BCUT2D eigenvalue weighted by molar-refractivity contribution is 5.85. The number of fused-ring (bicyclic) bond motifs is 6. The summed E-state index contributed by atoms with van der Waals surface area (Å²) >= 11 is 0. The zero-order chi connectivity index (χ0) is 17.1. The molecule has 1 atom stereocenters. The van der Waals surface area contributed by atoms with Gasteiger partial charge in [0.2, 0.25) is 0 Å². The molecule has 0 saturated heterocycles. The van der Waals surface area contributed by atoms with Crippen LogP contribution < -0.4 is 4.74 Å². The van der Waals surface area contributed by atoms with E-state index in [1.165, 1.54) is 22.9 Å². The first-order valence-electron chi connectivity index (χ1n) is 8.57. The molecule has 0 amide bonds. The number of nitrogens with zero attached hydrogens (tertiary/aromatic N) is 1. The van der Waals surface area contributed by atoms with Crippen LogP contribution in [0.4, 0.5) is 4.39 Å². The highest BCUT2D eigenvalue weighted by atomic mass is 19.1. The second-order valence-corrected chi connectivity index (χ2v) is 6.90. The van der Waals surface area contributed by atoms with Crippen molar-refractivity contribution in [2.24, 2.45) is 0 Å². The molecule has 128 valence electrons. The van der Waals surface area contributed by atoms with Crippen LogP contribution >= 0.6 is 0 Å². The smallest absolute Gasteiger partial charge is 0.165 e. The Hall–Kier alpha value is -2.53. The van der Waals surface area contributed by atoms with Crippen molar-refractivity contribution in [2.45, 2.75) is 25.4 Å². The molecule has 2 aliphatic rings. The van der Waals surface area contributed by atoms with E-state index in [4.69, 9.17) is 4.74 Å². The van der Waals surface area contributed by atoms with Crippen molar-refractivity contribution in [3.63, 3.8) is 0 Å². The molecule has 4 nitrogen and oxygen atoms in total. The molecule has 3 heterocycles. The fourth-order valence-electron chi connectivity index (χ4n) is 4.47. The molecule has 0 aliphatic carbocycles. The van der Waals surface area contributed by atoms with Crippen LogP contribution in [-0.4, -0.2) is 28.6 Å². The molecule has 5 heteroatoms. The number of ether oxygens (including phenoxy) is 1. The third kappa shape index (κ3) is 2.09. The average Bonchev–Trinajstić information content (AvgIpc) is 2.98. The van der Waals surface area contributed by atoms with Crippen molar-refractivity contribution in [1.29, 1.82) is 0 Å². The van der Waals surface area contributed by atoms with Crippen LogP contribution in [0.3, 0.4) is 0 Å². The summed E-state index contributed by atoms with van der Waals surface area (Å²) in [6, 6.07) is 8.91. The van der Waals surface area contributed by atoms with Crippen LogP contribution in [-0.2, 0) is 19.4 Å². The third-order valence-corrected chi connectivity index (χ3v) is 5.64. The van der Waals surface area contributed by atoms with Crippen molar-refractivity contribution >= 4 is 10.9 Å². The number of nitrogens with one attached hydrogen (secondary N) is 1. The number of aromatic nitrogens is 1. The van der Waals surface area contributed by atoms with Gasteiger partial charge in [-0.25, -0.2) is 4.39 Å². The van der Waals surface area contributed by atoms with Gasteiger partial charge in [0, 0.05) is 35.2 Å². The minimum atomic E-state index is -0.189. The Morgan fingerprint density at radius 3 is 2.96 bits per heavy atom. The fraction of sp³-hybridized carbons (Fsp3) is 0.300. The van der Waals surface area contributed by atoms with Crippen molar-refractivity contribution in [3.8, 4) is 11.5 Å². The molecule has 2 N–H and O–H groups in total. The van der Waals surface area contributed by atoms with Gasteiger partial charge >= 0.3 is 0 Å². The maximum Gasteiger partial charge on any atom is 0.165 e. The monoisotopic (exact) mass is 338 g/mol. The predicted molar refractivity (Wildman–Crippen MR) is 93.5 cm³/mol. The number of hydrogen-bond acceptors (Lipinski definition) is 3. The van der Waals surface area contributed by atoms with Crippen molar-refractivity contribution in [2.75, 3.05) is 13.7 Å². The van der Waals surface area contributed by atoms with Crippen molar-refractivity contribution < 1.29 is 14.2 Å². The highest BCUT2D eigenvalue weighted by Gasteiger charge is 2.35. The van der Waals surface area contributed by atoms with Crippen LogP contribution in [0, 0.1) is 5.82 Å². The molecule has 5 rings (SSSR count). The first-order chi connectivity index (χ1) is 12.2. The van der Waals surface area contributed by atoms with Crippen LogP contribution in [0.1, 0.15) is 28.4 Å². The molecule has 25 heavy (non-hydrogen) atoms. The van der Waals surface area contributed by atoms with Gasteiger partial charge in [0.15, 0.2) is 11.5 Å². The molecular weight excluding hydrogens is 319 g/mol. The highest BCUT2D eigenvalue weighted by Crippen LogP contribution is 2.44. The number of phenols is 1. The summed E-state index contributed by atoms with van der Waals surface area (Å²) in [6.07, 6.45) is 1.75. The zero-order valence-electron chi connectivity index (χ0n) is 14.0. The van der Waals surface area contributed by atoms with Gasteiger partial charge in [0.25, 0.3) is 0 Å². The molecule has 2 aliphatic heterocycles. The van der Waals surface area contributed by atoms with E-state index in [-0.39, 0.29) is 17.6 Å². The number of rotatable bonds is 1. The minimum Gasteiger partial charge on any atom is -0.504 e. The van der Waals surface area contributed by atoms with Gasteiger partial charge in [0.05, 0.1) is 13.2 Å². The maximum atomic E-state index is 13.7. The van der Waals surface area contributed by atoms with E-state index in [1.54, 1.807) is 19.2 Å². The molecule has 0 spiro atoms. The molecule has 2 aromatic carbocycles. The molecule has 3 aromatic rings. The second-order valence-electron chi connectivity index (χ2n) is 6.90. The van der Waals surface area contributed by atoms with Gasteiger partial charge in [0.1, 0.15) is 5.82 Å². The lowest BCUT2D eigenvalue weighted by molar-refractivity contribution is 0.155. The van der Waals surface area contributed by atoms with E-state index in [2.05, 4.69) is 9.88 Å². The average molecular weight is 338 g/mol. The lowest BCUT2D eigenvalue weighted by Crippen LogP contribution is -2.39. The Balaban J connectivity index is 1.63. The molecular formula is C20H19FN2O2. The number of aromatic hydroxyl groups is 1. The number of phenolic OH excluding ortho intramolecular Hbond substituents is 1. The third-order valence-electron chi connectivity index (χ3n) is 5.64. The van der Waals surface area contributed by atoms with E-state index >= 15 is 0 Å². The molecule has 0 fully saturated rings. The molecule has 0 bridgehead atoms. The number of H-pyrrole nitrogens is 1. The first kappa shape index (κ1) is 14.8. The molecule has 0 unspecified atom stereocenters. The van der Waals surface area contributed by atoms with E-state index in [0.29, 0.717) is 5.75 Å². The minimum absolute atomic E-state index is 0.189. The number of aromatic amines is 1. The summed E-state index contributed by atoms with van der Waals surface area (Å²) in [6.45, 7) is 1.67. The van der Waals surface area contributed by atoms with Crippen LogP contribution in [0.15, 0.2) is 30.3 Å². The Kier molecular flexibility index (Phi) is 3.09. The number of benzene rings is 2. The van der Waals surface area contributed by atoms with Gasteiger partial charge in [-0.1, -0.05) is 6.07 Å². The Morgan fingerprint density at radius 1 is 1.24 bits per heavy atom. The van der Waals surface area contributed by atoms with Crippen LogP contribution in [0.5, 0.6) is 11.5 Å². The predicted octanol–water partition coefficient (Wildman–Crippen LogP) is 3.68. The van der Waals surface area contributed by atoms with Gasteiger partial charge in [-0.15, -0.1) is 0 Å². The normalized spacial score (nSPS) is 19.4. The summed E-state index contributed by atoms with van der Waals surface area (Å²) in [5.74, 6) is 0.588. The Labute approximate surface area is 144 Å². The van der Waals surface area contributed by atoms with E-state index in [9.17, 15) is 9.50 Å². The summed E-state index contributed by atoms with van der Waals surface area (Å²) in [5, 5.41) is 11.1. The lowest BCUT2D eigenvalue weighted by atomic mass is 9.86. The van der Waals surface area contributed by atoms with E-state index in [1.807, 2.05) is 12.1 Å². The van der Waals surface area contributed by atoms with Gasteiger partial charge in [-0.2, -0.15) is 0 Å². The molecule has 0 saturated carbocycles. The van der Waals surface area contributed by atoms with Gasteiger partial charge in [-0.3, -0.25) is 4.90 Å². The zero-order valence-corrected chi connectivity index (χ0v) is 14.0. The topological polar surface area (TPSA) is 48.5 Å². The van der Waals surface area contributed by atoms with Crippen molar-refractivity contribution in [1.82, 2.24) is 9.88 Å². The van der Waals surface area contributed by atoms with Crippen LogP contribution in [0.25, 0.3) is 10.9 Å². The first-order valence-corrected chi connectivity index (χ1v) is 8.57. The standard InChI is InChI=1S/C20H19FN2O2/c1-25-20-15-10-23-7-6-13-14-9-12(21)3-4-16(14)22-19(13)17(23)8-11(15)2-5-18(20)24/h2-5,9,17,22,24H,6-8,10H2,1H3/t17-/m0/s1. The number of methoxy groups -OCH3 is 1. The maximum absolute atomic E-state index is 13.7. The second kappa shape index (κ2) is 5.23. The largest absolute Gasteiger partial charge is 0.504 e. The summed E-state index contributed by atoms with van der Waals surface area (Å²) < 4.78 is 19.1. The lowest BCUT2D eigenvalue weighted by Gasteiger charge is -2.40. The molecule has 0 radical (unpaired) electrons. The summed E-state index contributed by atoms with van der Waals surface area (Å²) in [5.41, 5.74) is 5.72. The van der Waals surface area contributed by atoms with E-state index in [0.717, 1.165) is 42.4 Å². The van der Waals surface area contributed by atoms with Gasteiger partial charge < -0.3 is 14.8 Å². The number of halogens is 1. The van der Waals surface area contributed by atoms with Gasteiger partial charge in [-0.05, 0) is 48.2 Å². The molecule has 1 aromatic heterocycles. The fourth-order valence-corrected chi connectivity index (χ4v) is 4.47. The SMILES string of the molecule is COc1c(O)ccc2c1CN1CCc3c([nH]c4ccc(F)cc34)[C@@H]1C2. The summed E-state index contributed by atoms with van der Waals surface area (Å²) in [7, 11) is 1.60. The number of hydrogen-bond donors (Lipinski definition) is 2. The van der Waals surface area contributed by atoms with E-state index < -0.39 is 0 Å². The van der Waals surface area contributed by atoms with Crippen LogP contribution in [0.2, 0.25) is 0 Å². The Bertz CT molecular complexity index is 995. The summed E-state index contributed by atoms with van der Waals surface area (Å²) in [4.78, 5) is 5.94. The quantitative estimate of drug-likeness (QED) is 0.712.